The molecule has 1 heterocycles. The summed E-state index contributed by atoms with van der Waals surface area (Å²) in [5, 5.41) is 2.81. The van der Waals surface area contributed by atoms with Gasteiger partial charge in [0, 0.05) is 19.6 Å². The molecule has 1 saturated heterocycles. The van der Waals surface area contributed by atoms with E-state index in [0.717, 1.165) is 18.7 Å². The molecule has 1 N–H and O–H groups in total. The van der Waals surface area contributed by atoms with Gasteiger partial charge in [-0.2, -0.15) is 0 Å². The minimum atomic E-state index is -0.456. The molecule has 1 aliphatic rings. The van der Waals surface area contributed by atoms with Crippen LogP contribution in [0.2, 0.25) is 0 Å². The van der Waals surface area contributed by atoms with E-state index >= 15 is 0 Å². The Morgan fingerprint density at radius 2 is 1.96 bits per heavy atom. The molecule has 0 aliphatic carbocycles. The molecule has 0 radical (unpaired) electrons. The molecule has 1 fully saturated rings. The summed E-state index contributed by atoms with van der Waals surface area (Å²) in [6.45, 7) is 9.15. The Labute approximate surface area is 155 Å². The van der Waals surface area contributed by atoms with Crippen molar-refractivity contribution in [3.8, 4) is 5.75 Å². The number of ether oxygens (including phenoxy) is 2. The van der Waals surface area contributed by atoms with Gasteiger partial charge in [-0.25, -0.2) is 0 Å². The van der Waals surface area contributed by atoms with E-state index in [9.17, 15) is 9.59 Å². The first-order valence-electron chi connectivity index (χ1n) is 9.13. The third-order valence-corrected chi connectivity index (χ3v) is 4.61. The molecule has 26 heavy (non-hydrogen) atoms. The summed E-state index contributed by atoms with van der Waals surface area (Å²) >= 11 is 0. The summed E-state index contributed by atoms with van der Waals surface area (Å²) in [4.78, 5) is 25.6. The Balaban J connectivity index is 1.80. The zero-order chi connectivity index (χ0) is 19.2. The maximum atomic E-state index is 12.0. The second-order valence-electron chi connectivity index (χ2n) is 7.60. The fraction of sp³-hybridized carbons (Fsp3) is 0.600. The van der Waals surface area contributed by atoms with Crippen molar-refractivity contribution in [2.45, 2.75) is 45.1 Å². The van der Waals surface area contributed by atoms with Crippen molar-refractivity contribution in [2.24, 2.45) is 0 Å². The Morgan fingerprint density at radius 3 is 2.58 bits per heavy atom. The van der Waals surface area contributed by atoms with Gasteiger partial charge in [-0.3, -0.25) is 14.5 Å². The van der Waals surface area contributed by atoms with Crippen molar-refractivity contribution in [2.75, 3.05) is 33.4 Å². The van der Waals surface area contributed by atoms with Crippen molar-refractivity contribution in [3.05, 3.63) is 29.8 Å². The van der Waals surface area contributed by atoms with Crippen molar-refractivity contribution < 1.29 is 19.1 Å². The SMILES string of the molecule is COC(=O)C[C@@H]1C(=O)NCCN1CCCOc1ccc(C(C)(C)C)cc1. The maximum Gasteiger partial charge on any atom is 0.307 e. The molecule has 1 atom stereocenters. The maximum absolute atomic E-state index is 12.0. The van der Waals surface area contributed by atoms with Crippen molar-refractivity contribution in [3.63, 3.8) is 0 Å². The van der Waals surface area contributed by atoms with Crippen LogP contribution < -0.4 is 10.1 Å². The molecule has 1 amide bonds. The summed E-state index contributed by atoms with van der Waals surface area (Å²) in [5.41, 5.74) is 1.40. The van der Waals surface area contributed by atoms with E-state index in [2.05, 4.69) is 38.2 Å². The van der Waals surface area contributed by atoms with E-state index in [-0.39, 0.29) is 23.7 Å². The van der Waals surface area contributed by atoms with Gasteiger partial charge in [-0.15, -0.1) is 0 Å². The number of carbonyl (C=O) groups excluding carboxylic acids is 2. The third kappa shape index (κ3) is 5.73. The lowest BCUT2D eigenvalue weighted by Crippen LogP contribution is -2.56. The average Bonchev–Trinajstić information content (AvgIpc) is 2.60. The highest BCUT2D eigenvalue weighted by atomic mass is 16.5. The van der Waals surface area contributed by atoms with E-state index in [1.165, 1.54) is 12.7 Å². The van der Waals surface area contributed by atoms with Crippen molar-refractivity contribution in [1.82, 2.24) is 10.2 Å². The number of piperazine rings is 1. The Morgan fingerprint density at radius 1 is 1.27 bits per heavy atom. The molecule has 6 heteroatoms. The van der Waals surface area contributed by atoms with Crippen LogP contribution in [0.25, 0.3) is 0 Å². The fourth-order valence-corrected chi connectivity index (χ4v) is 3.00. The molecule has 1 aromatic carbocycles. The lowest BCUT2D eigenvalue weighted by Gasteiger charge is -2.34. The number of esters is 1. The van der Waals surface area contributed by atoms with Gasteiger partial charge in [0.15, 0.2) is 0 Å². The van der Waals surface area contributed by atoms with E-state index in [4.69, 9.17) is 9.47 Å². The van der Waals surface area contributed by atoms with E-state index in [1.54, 1.807) is 0 Å². The number of hydrogen-bond acceptors (Lipinski definition) is 5. The van der Waals surface area contributed by atoms with Gasteiger partial charge in [0.25, 0.3) is 0 Å². The predicted octanol–water partition coefficient (Wildman–Crippen LogP) is 2.12. The number of benzene rings is 1. The number of methoxy groups -OCH3 is 1. The number of carbonyl (C=O) groups is 2. The predicted molar refractivity (Wildman–Crippen MR) is 100 cm³/mol. The summed E-state index contributed by atoms with van der Waals surface area (Å²) in [5.74, 6) is 0.369. The molecule has 6 nitrogen and oxygen atoms in total. The van der Waals surface area contributed by atoms with Crippen LogP contribution in [0.3, 0.4) is 0 Å². The molecule has 0 saturated carbocycles. The summed E-state index contributed by atoms with van der Waals surface area (Å²) < 4.78 is 10.5. The minimum Gasteiger partial charge on any atom is -0.494 e. The molecule has 0 unspecified atom stereocenters. The van der Waals surface area contributed by atoms with Gasteiger partial charge in [0.1, 0.15) is 5.75 Å². The second-order valence-corrected chi connectivity index (χ2v) is 7.60. The minimum absolute atomic E-state index is 0.0808. The third-order valence-electron chi connectivity index (χ3n) is 4.61. The zero-order valence-corrected chi connectivity index (χ0v) is 16.2. The quantitative estimate of drug-likeness (QED) is 0.594. The van der Waals surface area contributed by atoms with Crippen LogP contribution in [-0.2, 0) is 19.7 Å². The van der Waals surface area contributed by atoms with Gasteiger partial charge in [0.05, 0.1) is 26.2 Å². The highest BCUT2D eigenvalue weighted by Gasteiger charge is 2.31. The first kappa shape index (κ1) is 20.2. The largest absolute Gasteiger partial charge is 0.494 e. The fourth-order valence-electron chi connectivity index (χ4n) is 3.00. The van der Waals surface area contributed by atoms with Crippen LogP contribution in [0, 0.1) is 0 Å². The lowest BCUT2D eigenvalue weighted by molar-refractivity contribution is -0.145. The first-order valence-corrected chi connectivity index (χ1v) is 9.13. The van der Waals surface area contributed by atoms with Crippen LogP contribution in [0.4, 0.5) is 0 Å². The number of nitrogens with zero attached hydrogens (tertiary/aromatic N) is 1. The zero-order valence-electron chi connectivity index (χ0n) is 16.2. The highest BCUT2D eigenvalue weighted by Crippen LogP contribution is 2.24. The number of amides is 1. The van der Waals surface area contributed by atoms with E-state index in [1.807, 2.05) is 17.0 Å². The van der Waals surface area contributed by atoms with Crippen molar-refractivity contribution >= 4 is 11.9 Å². The monoisotopic (exact) mass is 362 g/mol. The topological polar surface area (TPSA) is 67.9 Å². The van der Waals surface area contributed by atoms with Crippen LogP contribution in [0.5, 0.6) is 5.75 Å². The summed E-state index contributed by atoms with van der Waals surface area (Å²) in [6.07, 6.45) is 0.865. The summed E-state index contributed by atoms with van der Waals surface area (Å²) in [7, 11) is 1.34. The van der Waals surface area contributed by atoms with Crippen LogP contribution >= 0.6 is 0 Å². The van der Waals surface area contributed by atoms with Gasteiger partial charge >= 0.3 is 5.97 Å². The molecule has 2 rings (SSSR count). The second kappa shape index (κ2) is 9.03. The number of rotatable bonds is 7. The Bertz CT molecular complexity index is 607. The van der Waals surface area contributed by atoms with Crippen molar-refractivity contribution in [1.29, 1.82) is 0 Å². The smallest absolute Gasteiger partial charge is 0.307 e. The van der Waals surface area contributed by atoms with E-state index < -0.39 is 6.04 Å². The Hall–Kier alpha value is -2.08. The molecule has 1 aliphatic heterocycles. The van der Waals surface area contributed by atoms with Crippen LogP contribution in [0.1, 0.15) is 39.2 Å². The number of nitrogens with one attached hydrogen (secondary N) is 1. The van der Waals surface area contributed by atoms with Gasteiger partial charge < -0.3 is 14.8 Å². The van der Waals surface area contributed by atoms with Crippen LogP contribution in [0.15, 0.2) is 24.3 Å². The molecule has 144 valence electrons. The molecule has 0 spiro atoms. The molecule has 0 bridgehead atoms. The molecule has 0 aromatic heterocycles. The molecular weight excluding hydrogens is 332 g/mol. The van der Waals surface area contributed by atoms with Gasteiger partial charge in [-0.05, 0) is 29.5 Å². The van der Waals surface area contributed by atoms with Crippen LogP contribution in [-0.4, -0.2) is 56.2 Å². The molecular formula is C20H30N2O4. The number of hydrogen-bond donors (Lipinski definition) is 1. The normalized spacial score (nSPS) is 18.3. The van der Waals surface area contributed by atoms with Gasteiger partial charge in [0.2, 0.25) is 5.91 Å². The highest BCUT2D eigenvalue weighted by molar-refractivity contribution is 5.87. The molecule has 1 aromatic rings. The Kier molecular flexibility index (Phi) is 7.03. The van der Waals surface area contributed by atoms with E-state index in [0.29, 0.717) is 19.7 Å². The lowest BCUT2D eigenvalue weighted by atomic mass is 9.87. The first-order chi connectivity index (χ1) is 12.3. The standard InChI is InChI=1S/C20H30N2O4/c1-20(2,3)15-6-8-16(9-7-15)26-13-5-11-22-12-10-21-19(24)17(22)14-18(23)25-4/h6-9,17H,5,10-14H2,1-4H3,(H,21,24)/t17-/m1/s1. The summed E-state index contributed by atoms with van der Waals surface area (Å²) in [6, 6.07) is 7.72. The average molecular weight is 362 g/mol. The van der Waals surface area contributed by atoms with Gasteiger partial charge in [-0.1, -0.05) is 32.9 Å².